The number of hydrogen-bond acceptors (Lipinski definition) is 5. The zero-order valence-corrected chi connectivity index (χ0v) is 17.3. The lowest BCUT2D eigenvalue weighted by molar-refractivity contribution is 0.0656. The Labute approximate surface area is 172 Å². The van der Waals surface area contributed by atoms with E-state index >= 15 is 0 Å². The first kappa shape index (κ1) is 19.8. The first-order valence-electron chi connectivity index (χ1n) is 10.5. The summed E-state index contributed by atoms with van der Waals surface area (Å²) in [5.74, 6) is 0.877. The van der Waals surface area contributed by atoms with Gasteiger partial charge in [-0.2, -0.15) is 5.10 Å². The van der Waals surface area contributed by atoms with Crippen molar-refractivity contribution in [3.63, 3.8) is 0 Å². The SMILES string of the molecule is COc1ccccc1N1CCC(NC(=O)c2cnn(C3CCOCC3)c2C)CC1. The van der Waals surface area contributed by atoms with Gasteiger partial charge in [-0.1, -0.05) is 12.1 Å². The standard InChI is InChI=1S/C22H30N4O3/c1-16-19(15-23-26(16)18-9-13-29-14-10-18)22(27)24-17-7-11-25(12-8-17)20-5-3-4-6-21(20)28-2/h3-6,15,17-18H,7-14H2,1-2H3,(H,24,27). The molecular formula is C22H30N4O3. The Morgan fingerprint density at radius 3 is 2.62 bits per heavy atom. The number of rotatable bonds is 5. The van der Waals surface area contributed by atoms with Crippen molar-refractivity contribution in [3.05, 3.63) is 41.7 Å². The van der Waals surface area contributed by atoms with Crippen LogP contribution >= 0.6 is 0 Å². The van der Waals surface area contributed by atoms with E-state index in [4.69, 9.17) is 9.47 Å². The maximum atomic E-state index is 12.9. The van der Waals surface area contributed by atoms with E-state index in [-0.39, 0.29) is 11.9 Å². The third kappa shape index (κ3) is 4.24. The second kappa shape index (κ2) is 8.86. The van der Waals surface area contributed by atoms with Gasteiger partial charge in [-0.15, -0.1) is 0 Å². The maximum absolute atomic E-state index is 12.9. The molecule has 1 N–H and O–H groups in total. The lowest BCUT2D eigenvalue weighted by Gasteiger charge is -2.34. The summed E-state index contributed by atoms with van der Waals surface area (Å²) in [7, 11) is 1.70. The first-order valence-corrected chi connectivity index (χ1v) is 10.5. The van der Waals surface area contributed by atoms with Gasteiger partial charge in [0, 0.05) is 38.0 Å². The number of para-hydroxylation sites is 2. The normalized spacial score (nSPS) is 18.6. The summed E-state index contributed by atoms with van der Waals surface area (Å²) < 4.78 is 12.9. The number of methoxy groups -OCH3 is 1. The molecule has 4 rings (SSSR count). The molecule has 2 aliphatic heterocycles. The summed E-state index contributed by atoms with van der Waals surface area (Å²) in [6.45, 7) is 5.30. The van der Waals surface area contributed by atoms with E-state index in [1.165, 1.54) is 0 Å². The average molecular weight is 399 g/mol. The highest BCUT2D eigenvalue weighted by molar-refractivity contribution is 5.95. The van der Waals surface area contributed by atoms with Gasteiger partial charge in [0.15, 0.2) is 0 Å². The molecule has 0 saturated carbocycles. The molecule has 29 heavy (non-hydrogen) atoms. The smallest absolute Gasteiger partial charge is 0.254 e. The Hall–Kier alpha value is -2.54. The zero-order chi connectivity index (χ0) is 20.2. The second-order valence-corrected chi connectivity index (χ2v) is 7.84. The molecule has 0 bridgehead atoms. The molecule has 7 nitrogen and oxygen atoms in total. The molecule has 1 aromatic heterocycles. The minimum Gasteiger partial charge on any atom is -0.495 e. The van der Waals surface area contributed by atoms with Crippen molar-refractivity contribution in [3.8, 4) is 5.75 Å². The number of carbonyl (C=O) groups is 1. The van der Waals surface area contributed by atoms with Gasteiger partial charge in [0.25, 0.3) is 5.91 Å². The summed E-state index contributed by atoms with van der Waals surface area (Å²) in [5, 5.41) is 7.72. The van der Waals surface area contributed by atoms with E-state index in [0.717, 1.165) is 69.1 Å². The lowest BCUT2D eigenvalue weighted by Crippen LogP contribution is -2.44. The highest BCUT2D eigenvalue weighted by atomic mass is 16.5. The summed E-state index contributed by atoms with van der Waals surface area (Å²) in [5.41, 5.74) is 2.75. The van der Waals surface area contributed by atoms with Crippen LogP contribution in [0.3, 0.4) is 0 Å². The molecule has 3 heterocycles. The lowest BCUT2D eigenvalue weighted by atomic mass is 10.0. The summed E-state index contributed by atoms with van der Waals surface area (Å²) in [6.07, 6.45) is 5.44. The van der Waals surface area contributed by atoms with Crippen LogP contribution in [0.5, 0.6) is 5.75 Å². The van der Waals surface area contributed by atoms with Crippen molar-refractivity contribution in [2.75, 3.05) is 38.3 Å². The monoisotopic (exact) mass is 398 g/mol. The number of hydrogen-bond donors (Lipinski definition) is 1. The largest absolute Gasteiger partial charge is 0.495 e. The molecule has 0 atom stereocenters. The Balaban J connectivity index is 1.35. The summed E-state index contributed by atoms with van der Waals surface area (Å²) in [4.78, 5) is 15.2. The number of benzene rings is 1. The van der Waals surface area contributed by atoms with Crippen molar-refractivity contribution in [2.24, 2.45) is 0 Å². The van der Waals surface area contributed by atoms with E-state index in [9.17, 15) is 4.79 Å². The molecule has 2 fully saturated rings. The molecular weight excluding hydrogens is 368 g/mol. The quantitative estimate of drug-likeness (QED) is 0.839. The van der Waals surface area contributed by atoms with Gasteiger partial charge < -0.3 is 19.7 Å². The molecule has 2 aliphatic rings. The van der Waals surface area contributed by atoms with E-state index < -0.39 is 0 Å². The van der Waals surface area contributed by atoms with Gasteiger partial charge in [0.1, 0.15) is 5.75 Å². The number of nitrogens with zero attached hydrogens (tertiary/aromatic N) is 3. The van der Waals surface area contributed by atoms with Crippen LogP contribution in [-0.4, -0.2) is 55.1 Å². The van der Waals surface area contributed by atoms with E-state index in [2.05, 4.69) is 21.4 Å². The zero-order valence-electron chi connectivity index (χ0n) is 17.3. The fourth-order valence-electron chi connectivity index (χ4n) is 4.36. The Morgan fingerprint density at radius 2 is 1.90 bits per heavy atom. The van der Waals surface area contributed by atoms with E-state index in [0.29, 0.717) is 11.6 Å². The Bertz CT molecular complexity index is 836. The Kier molecular flexibility index (Phi) is 6.04. The van der Waals surface area contributed by atoms with Crippen LogP contribution in [0, 0.1) is 6.92 Å². The number of amides is 1. The van der Waals surface area contributed by atoms with Gasteiger partial charge in [-0.05, 0) is 44.7 Å². The van der Waals surface area contributed by atoms with Crippen molar-refractivity contribution in [2.45, 2.75) is 44.7 Å². The number of ether oxygens (including phenoxy) is 2. The van der Waals surface area contributed by atoms with Crippen LogP contribution in [0.15, 0.2) is 30.5 Å². The number of piperidine rings is 1. The van der Waals surface area contributed by atoms with Crippen molar-refractivity contribution >= 4 is 11.6 Å². The van der Waals surface area contributed by atoms with Gasteiger partial charge in [0.05, 0.1) is 30.6 Å². The predicted octanol–water partition coefficient (Wildman–Crippen LogP) is 2.95. The third-order valence-electron chi connectivity index (χ3n) is 6.08. The molecule has 7 heteroatoms. The van der Waals surface area contributed by atoms with Crippen LogP contribution in [-0.2, 0) is 4.74 Å². The van der Waals surface area contributed by atoms with Crippen LogP contribution in [0.1, 0.15) is 47.8 Å². The highest BCUT2D eigenvalue weighted by Crippen LogP contribution is 2.30. The predicted molar refractivity (Wildman–Crippen MR) is 112 cm³/mol. The average Bonchev–Trinajstić information content (AvgIpc) is 3.16. The van der Waals surface area contributed by atoms with Crippen molar-refractivity contribution in [1.29, 1.82) is 0 Å². The van der Waals surface area contributed by atoms with E-state index in [1.807, 2.05) is 29.8 Å². The number of aromatic nitrogens is 2. The first-order chi connectivity index (χ1) is 14.2. The van der Waals surface area contributed by atoms with Crippen LogP contribution in [0.2, 0.25) is 0 Å². The molecule has 2 aromatic rings. The molecule has 1 amide bonds. The molecule has 0 aliphatic carbocycles. The third-order valence-corrected chi connectivity index (χ3v) is 6.08. The molecule has 0 radical (unpaired) electrons. The van der Waals surface area contributed by atoms with Gasteiger partial charge in [0.2, 0.25) is 0 Å². The minimum atomic E-state index is -0.0171. The van der Waals surface area contributed by atoms with Gasteiger partial charge in [-0.25, -0.2) is 0 Å². The molecule has 1 aromatic carbocycles. The van der Waals surface area contributed by atoms with Gasteiger partial charge >= 0.3 is 0 Å². The van der Waals surface area contributed by atoms with E-state index in [1.54, 1.807) is 13.3 Å². The molecule has 2 saturated heterocycles. The topological polar surface area (TPSA) is 68.6 Å². The van der Waals surface area contributed by atoms with Crippen LogP contribution in [0.25, 0.3) is 0 Å². The highest BCUT2D eigenvalue weighted by Gasteiger charge is 2.26. The molecule has 0 spiro atoms. The number of nitrogens with one attached hydrogen (secondary N) is 1. The second-order valence-electron chi connectivity index (χ2n) is 7.84. The minimum absolute atomic E-state index is 0.0171. The van der Waals surface area contributed by atoms with Crippen molar-refractivity contribution < 1.29 is 14.3 Å². The van der Waals surface area contributed by atoms with Crippen LogP contribution in [0.4, 0.5) is 5.69 Å². The Morgan fingerprint density at radius 1 is 1.17 bits per heavy atom. The summed E-state index contributed by atoms with van der Waals surface area (Å²) in [6, 6.07) is 8.60. The number of carbonyl (C=O) groups excluding carboxylic acids is 1. The fraction of sp³-hybridized carbons (Fsp3) is 0.545. The molecule has 156 valence electrons. The summed E-state index contributed by atoms with van der Waals surface area (Å²) >= 11 is 0. The maximum Gasteiger partial charge on any atom is 0.254 e. The number of anilines is 1. The fourth-order valence-corrected chi connectivity index (χ4v) is 4.36. The van der Waals surface area contributed by atoms with Crippen LogP contribution < -0.4 is 15.0 Å². The molecule has 0 unspecified atom stereocenters. The van der Waals surface area contributed by atoms with Gasteiger partial charge in [-0.3, -0.25) is 9.48 Å². The van der Waals surface area contributed by atoms with Crippen molar-refractivity contribution in [1.82, 2.24) is 15.1 Å².